The normalized spacial score (nSPS) is 10.2. The maximum atomic E-state index is 12.3. The van der Waals surface area contributed by atoms with Crippen LogP contribution in [0.15, 0.2) is 47.4 Å². The first-order chi connectivity index (χ1) is 10.2. The van der Waals surface area contributed by atoms with E-state index in [0.717, 1.165) is 16.3 Å². The Kier molecular flexibility index (Phi) is 5.11. The summed E-state index contributed by atoms with van der Waals surface area (Å²) in [5.74, 6) is 1.32. The van der Waals surface area contributed by atoms with Crippen molar-refractivity contribution in [2.24, 2.45) is 0 Å². The standard InChI is InChI=1S/C16H18N2O2S/c1-3-21-15-7-5-4-6-13(15)18-16(19)11-8-9-14(20-2)12(17)10-11/h4-10H,3,17H2,1-2H3,(H,18,19). The lowest BCUT2D eigenvalue weighted by Gasteiger charge is -2.11. The molecule has 4 nitrogen and oxygen atoms in total. The highest BCUT2D eigenvalue weighted by atomic mass is 32.2. The molecular weight excluding hydrogens is 284 g/mol. The average molecular weight is 302 g/mol. The fourth-order valence-corrected chi connectivity index (χ4v) is 2.68. The molecule has 2 aromatic rings. The molecule has 0 saturated heterocycles. The molecule has 110 valence electrons. The summed E-state index contributed by atoms with van der Waals surface area (Å²) in [5.41, 5.74) is 7.59. The van der Waals surface area contributed by atoms with E-state index in [1.807, 2.05) is 24.3 Å². The number of carbonyl (C=O) groups is 1. The van der Waals surface area contributed by atoms with E-state index in [4.69, 9.17) is 10.5 Å². The predicted molar refractivity (Wildman–Crippen MR) is 88.2 cm³/mol. The van der Waals surface area contributed by atoms with Gasteiger partial charge in [0.05, 0.1) is 18.5 Å². The van der Waals surface area contributed by atoms with Gasteiger partial charge in [0.15, 0.2) is 0 Å². The largest absolute Gasteiger partial charge is 0.495 e. The number of carbonyl (C=O) groups excluding carboxylic acids is 1. The topological polar surface area (TPSA) is 64.3 Å². The number of amides is 1. The third kappa shape index (κ3) is 3.70. The Balaban J connectivity index is 2.20. The van der Waals surface area contributed by atoms with E-state index in [0.29, 0.717) is 17.0 Å². The minimum atomic E-state index is -0.187. The monoisotopic (exact) mass is 302 g/mol. The summed E-state index contributed by atoms with van der Waals surface area (Å²) in [7, 11) is 1.55. The molecule has 0 bridgehead atoms. The molecule has 0 aliphatic heterocycles. The van der Waals surface area contributed by atoms with Gasteiger partial charge in [-0.1, -0.05) is 19.1 Å². The van der Waals surface area contributed by atoms with Crippen LogP contribution >= 0.6 is 11.8 Å². The molecule has 0 aliphatic carbocycles. The van der Waals surface area contributed by atoms with Gasteiger partial charge in [0.25, 0.3) is 5.91 Å². The van der Waals surface area contributed by atoms with Crippen molar-refractivity contribution in [1.82, 2.24) is 0 Å². The number of nitrogens with one attached hydrogen (secondary N) is 1. The van der Waals surface area contributed by atoms with Crippen LogP contribution in [0.4, 0.5) is 11.4 Å². The third-order valence-corrected chi connectivity index (χ3v) is 3.88. The molecule has 0 radical (unpaired) electrons. The zero-order valence-corrected chi connectivity index (χ0v) is 12.9. The summed E-state index contributed by atoms with van der Waals surface area (Å²) in [5, 5.41) is 2.92. The summed E-state index contributed by atoms with van der Waals surface area (Å²) in [6.45, 7) is 2.08. The van der Waals surface area contributed by atoms with Crippen molar-refractivity contribution in [3.63, 3.8) is 0 Å². The van der Waals surface area contributed by atoms with Gasteiger partial charge < -0.3 is 15.8 Å². The smallest absolute Gasteiger partial charge is 0.255 e. The van der Waals surface area contributed by atoms with Crippen LogP contribution in [0.2, 0.25) is 0 Å². The number of nitrogens with two attached hydrogens (primary N) is 1. The van der Waals surface area contributed by atoms with Gasteiger partial charge in [-0.25, -0.2) is 0 Å². The number of methoxy groups -OCH3 is 1. The van der Waals surface area contributed by atoms with Crippen LogP contribution in [-0.2, 0) is 0 Å². The molecule has 0 aliphatic rings. The predicted octanol–water partition coefficient (Wildman–Crippen LogP) is 3.64. The molecule has 1 amide bonds. The summed E-state index contributed by atoms with van der Waals surface area (Å²) in [6, 6.07) is 12.7. The Bertz CT molecular complexity index is 644. The molecule has 0 saturated carbocycles. The van der Waals surface area contributed by atoms with E-state index in [9.17, 15) is 4.79 Å². The van der Waals surface area contributed by atoms with E-state index in [1.54, 1.807) is 37.1 Å². The van der Waals surface area contributed by atoms with Gasteiger partial charge >= 0.3 is 0 Å². The number of para-hydroxylation sites is 1. The molecular formula is C16H18N2O2S. The molecule has 2 rings (SSSR count). The second-order valence-electron chi connectivity index (χ2n) is 4.34. The molecule has 0 heterocycles. The average Bonchev–Trinajstić information content (AvgIpc) is 2.49. The molecule has 3 N–H and O–H groups in total. The molecule has 21 heavy (non-hydrogen) atoms. The van der Waals surface area contributed by atoms with E-state index in [2.05, 4.69) is 12.2 Å². The summed E-state index contributed by atoms with van der Waals surface area (Å²) < 4.78 is 5.09. The van der Waals surface area contributed by atoms with Gasteiger partial charge in [-0.05, 0) is 36.1 Å². The molecule has 0 spiro atoms. The first kappa shape index (κ1) is 15.3. The molecule has 0 unspecified atom stereocenters. The maximum Gasteiger partial charge on any atom is 0.255 e. The second kappa shape index (κ2) is 7.04. The van der Waals surface area contributed by atoms with E-state index in [1.165, 1.54) is 0 Å². The zero-order chi connectivity index (χ0) is 15.2. The number of rotatable bonds is 5. The molecule has 0 fully saturated rings. The van der Waals surface area contributed by atoms with E-state index < -0.39 is 0 Å². The molecule has 5 heteroatoms. The highest BCUT2D eigenvalue weighted by Gasteiger charge is 2.11. The maximum absolute atomic E-state index is 12.3. The Hall–Kier alpha value is -2.14. The van der Waals surface area contributed by atoms with Crippen molar-refractivity contribution in [2.45, 2.75) is 11.8 Å². The van der Waals surface area contributed by atoms with Crippen molar-refractivity contribution in [1.29, 1.82) is 0 Å². The van der Waals surface area contributed by atoms with Gasteiger partial charge in [-0.2, -0.15) is 0 Å². The lowest BCUT2D eigenvalue weighted by Crippen LogP contribution is -2.13. The van der Waals surface area contributed by atoms with Crippen LogP contribution in [0.3, 0.4) is 0 Å². The highest BCUT2D eigenvalue weighted by Crippen LogP contribution is 2.28. The number of hydrogen-bond donors (Lipinski definition) is 2. The highest BCUT2D eigenvalue weighted by molar-refractivity contribution is 7.99. The van der Waals surface area contributed by atoms with Crippen molar-refractivity contribution in [2.75, 3.05) is 23.9 Å². The molecule has 2 aromatic carbocycles. The Morgan fingerprint density at radius 1 is 1.29 bits per heavy atom. The Morgan fingerprint density at radius 2 is 2.05 bits per heavy atom. The van der Waals surface area contributed by atoms with Crippen molar-refractivity contribution >= 4 is 29.0 Å². The summed E-state index contributed by atoms with van der Waals surface area (Å²) in [6.07, 6.45) is 0. The van der Waals surface area contributed by atoms with Gasteiger partial charge in [0.1, 0.15) is 5.75 Å². The number of thioether (sulfide) groups is 1. The van der Waals surface area contributed by atoms with Gasteiger partial charge in [-0.15, -0.1) is 11.8 Å². The second-order valence-corrected chi connectivity index (χ2v) is 5.65. The van der Waals surface area contributed by atoms with Gasteiger partial charge in [-0.3, -0.25) is 4.79 Å². The zero-order valence-electron chi connectivity index (χ0n) is 12.1. The van der Waals surface area contributed by atoms with E-state index in [-0.39, 0.29) is 5.91 Å². The van der Waals surface area contributed by atoms with Crippen LogP contribution in [-0.4, -0.2) is 18.8 Å². The first-order valence-corrected chi connectivity index (χ1v) is 7.61. The van der Waals surface area contributed by atoms with Crippen LogP contribution in [0.25, 0.3) is 0 Å². The number of anilines is 2. The Labute approximate surface area is 128 Å². The number of nitrogen functional groups attached to an aromatic ring is 1. The third-order valence-electron chi connectivity index (χ3n) is 2.93. The Morgan fingerprint density at radius 3 is 2.71 bits per heavy atom. The first-order valence-electron chi connectivity index (χ1n) is 6.62. The lowest BCUT2D eigenvalue weighted by molar-refractivity contribution is 0.102. The van der Waals surface area contributed by atoms with Crippen LogP contribution < -0.4 is 15.8 Å². The fourth-order valence-electron chi connectivity index (χ4n) is 1.92. The minimum Gasteiger partial charge on any atom is -0.495 e. The van der Waals surface area contributed by atoms with Crippen molar-refractivity contribution in [3.05, 3.63) is 48.0 Å². The number of benzene rings is 2. The van der Waals surface area contributed by atoms with Gasteiger partial charge in [0.2, 0.25) is 0 Å². The quantitative estimate of drug-likeness (QED) is 0.654. The van der Waals surface area contributed by atoms with Crippen LogP contribution in [0, 0.1) is 0 Å². The SMILES string of the molecule is CCSc1ccccc1NC(=O)c1ccc(OC)c(N)c1. The minimum absolute atomic E-state index is 0.187. The number of ether oxygens (including phenoxy) is 1. The molecule has 0 aromatic heterocycles. The summed E-state index contributed by atoms with van der Waals surface area (Å²) in [4.78, 5) is 13.4. The van der Waals surface area contributed by atoms with Crippen molar-refractivity contribution < 1.29 is 9.53 Å². The molecule has 0 atom stereocenters. The van der Waals surface area contributed by atoms with E-state index >= 15 is 0 Å². The van der Waals surface area contributed by atoms with Crippen molar-refractivity contribution in [3.8, 4) is 5.75 Å². The fraction of sp³-hybridized carbons (Fsp3) is 0.188. The van der Waals surface area contributed by atoms with Gasteiger partial charge in [0, 0.05) is 10.5 Å². The summed E-state index contributed by atoms with van der Waals surface area (Å²) >= 11 is 1.69. The van der Waals surface area contributed by atoms with Crippen LogP contribution in [0.1, 0.15) is 17.3 Å². The lowest BCUT2D eigenvalue weighted by atomic mass is 10.1. The number of hydrogen-bond acceptors (Lipinski definition) is 4. The van der Waals surface area contributed by atoms with Crippen LogP contribution in [0.5, 0.6) is 5.75 Å².